The zero-order chi connectivity index (χ0) is 33.1. The van der Waals surface area contributed by atoms with Gasteiger partial charge in [0.1, 0.15) is 0 Å². The lowest BCUT2D eigenvalue weighted by Crippen LogP contribution is -2.40. The molecule has 1 fully saturated rings. The van der Waals surface area contributed by atoms with Gasteiger partial charge in [-0.25, -0.2) is 0 Å². The van der Waals surface area contributed by atoms with E-state index in [9.17, 15) is 0 Å². The molecule has 0 saturated heterocycles. The van der Waals surface area contributed by atoms with Gasteiger partial charge >= 0.3 is 0 Å². The van der Waals surface area contributed by atoms with Crippen molar-refractivity contribution in [3.05, 3.63) is 155 Å². The first-order valence-electron chi connectivity index (χ1n) is 18.6. The molecule has 2 heteroatoms. The topological polar surface area (TPSA) is 6.48 Å². The molecule has 0 N–H and O–H groups in total. The van der Waals surface area contributed by atoms with E-state index >= 15 is 0 Å². The molecule has 2 aromatic carbocycles. The zero-order valence-electron chi connectivity index (χ0n) is 29.7. The number of hydrogen-bond donors (Lipinski definition) is 0. The molecule has 1 saturated carbocycles. The minimum Gasteiger partial charge on any atom is -0.335 e. The van der Waals surface area contributed by atoms with Gasteiger partial charge < -0.3 is 9.80 Å². The Morgan fingerprint density at radius 3 is 1.75 bits per heavy atom. The zero-order valence-corrected chi connectivity index (χ0v) is 29.7. The van der Waals surface area contributed by atoms with Crippen molar-refractivity contribution in [2.75, 3.05) is 9.80 Å². The number of rotatable bonds is 8. The molecule has 3 atom stereocenters. The molecule has 0 spiro atoms. The summed E-state index contributed by atoms with van der Waals surface area (Å²) in [6, 6.07) is 18.5. The van der Waals surface area contributed by atoms with Crippen LogP contribution in [0.25, 0.3) is 0 Å². The summed E-state index contributed by atoms with van der Waals surface area (Å²) in [6.07, 6.45) is 39.3. The van der Waals surface area contributed by atoms with Crippen LogP contribution in [0, 0.1) is 31.1 Å². The maximum Gasteiger partial charge on any atom is 0.0559 e. The summed E-state index contributed by atoms with van der Waals surface area (Å²) in [5, 5.41) is 0. The number of hydrogen-bond acceptors (Lipinski definition) is 2. The minimum absolute atomic E-state index is 0.313. The molecule has 0 heterocycles. The standard InChI is InChI=1S/C46H54N2/c1-34-8-20-40(21-9-34)47(41-22-10-35(2)11-23-41)44-28-16-38(17-29-44)46(32-6-5-7-33-46)39-18-30-45(31-19-39)48(42-24-12-36(3)13-25-42)43-26-14-37(4)15-27-43/h8-14,16,18,20-22,24-26,28-31,38-39,41H,5-7,15,17,19,23,27,32-33H2,1-4H3. The Balaban J connectivity index is 1.14. The van der Waals surface area contributed by atoms with Crippen molar-refractivity contribution in [1.82, 2.24) is 0 Å². The molecule has 7 rings (SSSR count). The van der Waals surface area contributed by atoms with Crippen LogP contribution in [0.2, 0.25) is 0 Å². The normalized spacial score (nSPS) is 25.0. The molecule has 0 aromatic heterocycles. The van der Waals surface area contributed by atoms with Crippen LogP contribution in [0.15, 0.2) is 144 Å². The summed E-state index contributed by atoms with van der Waals surface area (Å²) in [5.41, 5.74) is 12.4. The van der Waals surface area contributed by atoms with Crippen LogP contribution in [0.5, 0.6) is 0 Å². The highest BCUT2D eigenvalue weighted by Crippen LogP contribution is 2.54. The first kappa shape index (κ1) is 32.5. The van der Waals surface area contributed by atoms with Crippen LogP contribution < -0.4 is 9.80 Å². The van der Waals surface area contributed by atoms with E-state index in [2.05, 4.69) is 153 Å². The number of aryl methyl sites for hydroxylation is 2. The smallest absolute Gasteiger partial charge is 0.0559 e. The fourth-order valence-electron chi connectivity index (χ4n) is 8.88. The molecule has 0 aliphatic heterocycles. The molecule has 248 valence electrons. The molecular weight excluding hydrogens is 581 g/mol. The van der Waals surface area contributed by atoms with Crippen LogP contribution in [0.1, 0.15) is 89.2 Å². The lowest BCUT2D eigenvalue weighted by atomic mass is 9.56. The third-order valence-corrected chi connectivity index (χ3v) is 11.8. The Hall–Kier alpha value is -4.04. The quantitative estimate of drug-likeness (QED) is 0.285. The van der Waals surface area contributed by atoms with Gasteiger partial charge in [0.05, 0.1) is 6.04 Å². The van der Waals surface area contributed by atoms with Gasteiger partial charge in [-0.05, 0) is 132 Å². The SMILES string of the molecule is CC1=CCC(N(C2=CCC(C3(C4C=CC(N(C5=CC=C(C)CC5)c5ccc(C)cc5)=CC4)CCCCC3)C=C2)c2ccc(C)cc2)C=C1. The first-order chi connectivity index (χ1) is 23.4. The summed E-state index contributed by atoms with van der Waals surface area (Å²) < 4.78 is 0. The summed E-state index contributed by atoms with van der Waals surface area (Å²) in [5.74, 6) is 1.13. The predicted molar refractivity (Wildman–Crippen MR) is 206 cm³/mol. The van der Waals surface area contributed by atoms with E-state index in [1.165, 1.54) is 82.8 Å². The Morgan fingerprint density at radius 1 is 0.583 bits per heavy atom. The average molecular weight is 635 g/mol. The maximum atomic E-state index is 2.61. The van der Waals surface area contributed by atoms with E-state index in [4.69, 9.17) is 0 Å². The first-order valence-corrected chi connectivity index (χ1v) is 18.6. The van der Waals surface area contributed by atoms with E-state index in [-0.39, 0.29) is 0 Å². The van der Waals surface area contributed by atoms with E-state index in [0.717, 1.165) is 32.1 Å². The van der Waals surface area contributed by atoms with Crippen molar-refractivity contribution in [1.29, 1.82) is 0 Å². The highest BCUT2D eigenvalue weighted by Gasteiger charge is 2.44. The molecule has 5 aliphatic rings. The molecule has 0 bridgehead atoms. The summed E-state index contributed by atoms with van der Waals surface area (Å²) in [7, 11) is 0. The number of nitrogens with zero attached hydrogens (tertiary/aromatic N) is 2. The van der Waals surface area contributed by atoms with E-state index in [0.29, 0.717) is 23.3 Å². The number of anilines is 2. The average Bonchev–Trinajstić information content (AvgIpc) is 3.13. The van der Waals surface area contributed by atoms with Gasteiger partial charge in [0.2, 0.25) is 0 Å². The Kier molecular flexibility index (Phi) is 9.62. The summed E-state index contributed by atoms with van der Waals surface area (Å²) in [6.45, 7) is 8.82. The second kappa shape index (κ2) is 14.2. The van der Waals surface area contributed by atoms with Crippen molar-refractivity contribution >= 4 is 11.4 Å². The second-order valence-electron chi connectivity index (χ2n) is 15.1. The van der Waals surface area contributed by atoms with Crippen molar-refractivity contribution in [2.24, 2.45) is 17.3 Å². The van der Waals surface area contributed by atoms with Crippen molar-refractivity contribution < 1.29 is 0 Å². The lowest BCUT2D eigenvalue weighted by molar-refractivity contribution is 0.0701. The van der Waals surface area contributed by atoms with Crippen molar-refractivity contribution in [3.8, 4) is 0 Å². The van der Waals surface area contributed by atoms with Gasteiger partial charge in [-0.3, -0.25) is 0 Å². The van der Waals surface area contributed by atoms with Crippen LogP contribution in [-0.2, 0) is 0 Å². The van der Waals surface area contributed by atoms with Crippen LogP contribution >= 0.6 is 0 Å². The molecule has 0 amide bonds. The largest absolute Gasteiger partial charge is 0.335 e. The molecule has 5 aliphatic carbocycles. The summed E-state index contributed by atoms with van der Waals surface area (Å²) >= 11 is 0. The molecule has 2 aromatic rings. The van der Waals surface area contributed by atoms with Crippen LogP contribution in [-0.4, -0.2) is 6.04 Å². The van der Waals surface area contributed by atoms with E-state index in [1.54, 1.807) is 0 Å². The molecule has 3 unspecified atom stereocenters. The molecular formula is C46H54N2. The molecule has 0 radical (unpaired) electrons. The third kappa shape index (κ3) is 6.77. The van der Waals surface area contributed by atoms with Gasteiger partial charge in [-0.2, -0.15) is 0 Å². The number of benzene rings is 2. The van der Waals surface area contributed by atoms with Crippen molar-refractivity contribution in [2.45, 2.75) is 97.9 Å². The fraction of sp³-hybridized carbons (Fsp3) is 0.391. The summed E-state index contributed by atoms with van der Waals surface area (Å²) in [4.78, 5) is 5.10. The third-order valence-electron chi connectivity index (χ3n) is 11.8. The van der Waals surface area contributed by atoms with E-state index < -0.39 is 0 Å². The molecule has 2 nitrogen and oxygen atoms in total. The maximum absolute atomic E-state index is 2.61. The van der Waals surface area contributed by atoms with Crippen LogP contribution in [0.4, 0.5) is 11.4 Å². The van der Waals surface area contributed by atoms with Gasteiger partial charge in [0, 0.05) is 28.5 Å². The van der Waals surface area contributed by atoms with Gasteiger partial charge in [0.15, 0.2) is 0 Å². The lowest BCUT2D eigenvalue weighted by Gasteiger charge is -2.49. The Labute approximate surface area is 290 Å². The van der Waals surface area contributed by atoms with E-state index in [1.807, 2.05) is 0 Å². The van der Waals surface area contributed by atoms with Crippen LogP contribution in [0.3, 0.4) is 0 Å². The van der Waals surface area contributed by atoms with Gasteiger partial charge in [0.25, 0.3) is 0 Å². The highest BCUT2D eigenvalue weighted by molar-refractivity contribution is 5.63. The Morgan fingerprint density at radius 2 is 1.21 bits per heavy atom. The number of allylic oxidation sites excluding steroid dienone is 12. The van der Waals surface area contributed by atoms with Gasteiger partial charge in [-0.15, -0.1) is 0 Å². The Bertz CT molecular complexity index is 1710. The predicted octanol–water partition coefficient (Wildman–Crippen LogP) is 12.4. The molecule has 48 heavy (non-hydrogen) atoms. The monoisotopic (exact) mass is 634 g/mol. The second-order valence-corrected chi connectivity index (χ2v) is 15.1. The fourth-order valence-corrected chi connectivity index (χ4v) is 8.88. The highest BCUT2D eigenvalue weighted by atomic mass is 15.2. The van der Waals surface area contributed by atoms with Gasteiger partial charge in [-0.1, -0.05) is 114 Å². The van der Waals surface area contributed by atoms with Crippen molar-refractivity contribution in [3.63, 3.8) is 0 Å². The minimum atomic E-state index is 0.313.